The lowest BCUT2D eigenvalue weighted by molar-refractivity contribution is -0.115. The maximum absolute atomic E-state index is 12.3. The largest absolute Gasteiger partial charge is 0.486 e. The molecule has 0 radical (unpaired) electrons. The van der Waals surface area contributed by atoms with Gasteiger partial charge in [0.05, 0.1) is 31.9 Å². The minimum atomic E-state index is -0.0927. The summed E-state index contributed by atoms with van der Waals surface area (Å²) in [4.78, 5) is 19.2. The summed E-state index contributed by atoms with van der Waals surface area (Å²) < 4.78 is 16.4. The molecule has 1 aromatic heterocycles. The van der Waals surface area contributed by atoms with E-state index in [1.165, 1.54) is 0 Å². The molecule has 8 heteroatoms. The van der Waals surface area contributed by atoms with Crippen LogP contribution in [0.15, 0.2) is 23.6 Å². The average molecular weight is 375 g/mol. The molecule has 0 saturated carbocycles. The molecule has 0 atom stereocenters. The third-order valence-corrected chi connectivity index (χ3v) is 5.11. The fourth-order valence-corrected chi connectivity index (χ4v) is 3.78. The second-order valence-corrected chi connectivity index (χ2v) is 7.15. The number of carbonyl (C=O) groups is 1. The number of hydrogen-bond donors (Lipinski definition) is 1. The molecule has 2 aliphatic heterocycles. The first-order valence-corrected chi connectivity index (χ1v) is 9.57. The SMILES string of the molecule is O=C(Cc1csc(CN2CCOCC2)n1)Nc1ccc2c(c1)OCCO2. The van der Waals surface area contributed by atoms with E-state index in [0.717, 1.165) is 43.5 Å². The smallest absolute Gasteiger partial charge is 0.230 e. The highest BCUT2D eigenvalue weighted by Crippen LogP contribution is 2.32. The molecular formula is C18H21N3O4S. The number of ether oxygens (including phenoxy) is 3. The van der Waals surface area contributed by atoms with Gasteiger partial charge in [-0.25, -0.2) is 4.98 Å². The summed E-state index contributed by atoms with van der Waals surface area (Å²) in [5.74, 6) is 1.28. The molecule has 0 spiro atoms. The molecule has 1 aromatic carbocycles. The Morgan fingerprint density at radius 2 is 1.96 bits per heavy atom. The normalized spacial score (nSPS) is 17.1. The summed E-state index contributed by atoms with van der Waals surface area (Å²) in [6, 6.07) is 5.42. The van der Waals surface area contributed by atoms with E-state index < -0.39 is 0 Å². The number of aromatic nitrogens is 1. The van der Waals surface area contributed by atoms with E-state index in [9.17, 15) is 4.79 Å². The summed E-state index contributed by atoms with van der Waals surface area (Å²) in [6.07, 6.45) is 0.258. The molecule has 0 unspecified atom stereocenters. The van der Waals surface area contributed by atoms with Gasteiger partial charge in [-0.05, 0) is 12.1 Å². The highest BCUT2D eigenvalue weighted by molar-refractivity contribution is 7.09. The highest BCUT2D eigenvalue weighted by Gasteiger charge is 2.15. The number of nitrogens with one attached hydrogen (secondary N) is 1. The molecule has 1 fully saturated rings. The van der Waals surface area contributed by atoms with Gasteiger partial charge in [0.25, 0.3) is 0 Å². The molecule has 1 saturated heterocycles. The lowest BCUT2D eigenvalue weighted by Crippen LogP contribution is -2.35. The molecule has 1 amide bonds. The van der Waals surface area contributed by atoms with Crippen molar-refractivity contribution < 1.29 is 19.0 Å². The van der Waals surface area contributed by atoms with Crippen LogP contribution < -0.4 is 14.8 Å². The van der Waals surface area contributed by atoms with Crippen molar-refractivity contribution in [2.24, 2.45) is 0 Å². The number of carbonyl (C=O) groups excluding carboxylic acids is 1. The van der Waals surface area contributed by atoms with Crippen molar-refractivity contribution in [2.75, 3.05) is 44.8 Å². The van der Waals surface area contributed by atoms with Crippen LogP contribution in [0, 0.1) is 0 Å². The van der Waals surface area contributed by atoms with Crippen molar-refractivity contribution in [2.45, 2.75) is 13.0 Å². The monoisotopic (exact) mass is 375 g/mol. The molecule has 1 N–H and O–H groups in total. The Bertz CT molecular complexity index is 774. The van der Waals surface area contributed by atoms with Crippen LogP contribution in [0.1, 0.15) is 10.7 Å². The first-order chi connectivity index (χ1) is 12.8. The summed E-state index contributed by atoms with van der Waals surface area (Å²) in [7, 11) is 0. The first kappa shape index (κ1) is 17.3. The van der Waals surface area contributed by atoms with Crippen molar-refractivity contribution in [1.82, 2.24) is 9.88 Å². The topological polar surface area (TPSA) is 72.9 Å². The minimum absolute atomic E-state index is 0.0927. The zero-order valence-corrected chi connectivity index (χ0v) is 15.2. The number of hydrogen-bond acceptors (Lipinski definition) is 7. The first-order valence-electron chi connectivity index (χ1n) is 8.69. The van der Waals surface area contributed by atoms with Crippen LogP contribution in [0.4, 0.5) is 5.69 Å². The van der Waals surface area contributed by atoms with Gasteiger partial charge in [0.1, 0.15) is 18.2 Å². The van der Waals surface area contributed by atoms with E-state index in [4.69, 9.17) is 14.2 Å². The van der Waals surface area contributed by atoms with Gasteiger partial charge in [0.2, 0.25) is 5.91 Å². The predicted octanol–water partition coefficient (Wildman–Crippen LogP) is 1.93. The quantitative estimate of drug-likeness (QED) is 0.861. The fourth-order valence-electron chi connectivity index (χ4n) is 2.94. The third-order valence-electron chi connectivity index (χ3n) is 4.23. The molecular weight excluding hydrogens is 354 g/mol. The summed E-state index contributed by atoms with van der Waals surface area (Å²) in [6.45, 7) is 5.30. The van der Waals surface area contributed by atoms with Crippen LogP contribution in [0.3, 0.4) is 0 Å². The van der Waals surface area contributed by atoms with Crippen molar-refractivity contribution in [1.29, 1.82) is 0 Å². The summed E-state index contributed by atoms with van der Waals surface area (Å²) in [5, 5.41) is 5.89. The Labute approximate surface area is 155 Å². The number of rotatable bonds is 5. The Hall–Kier alpha value is -2.16. The second kappa shape index (κ2) is 8.03. The van der Waals surface area contributed by atoms with Gasteiger partial charge in [-0.15, -0.1) is 11.3 Å². The molecule has 2 aromatic rings. The molecule has 26 heavy (non-hydrogen) atoms. The lowest BCUT2D eigenvalue weighted by atomic mass is 10.2. The number of anilines is 1. The van der Waals surface area contributed by atoms with E-state index in [2.05, 4.69) is 15.2 Å². The molecule has 4 rings (SSSR count). The van der Waals surface area contributed by atoms with Gasteiger partial charge in [-0.1, -0.05) is 0 Å². The molecule has 0 aliphatic carbocycles. The number of benzene rings is 1. The number of morpholine rings is 1. The third kappa shape index (κ3) is 4.32. The van der Waals surface area contributed by atoms with Crippen LogP contribution in [-0.4, -0.2) is 55.3 Å². The van der Waals surface area contributed by atoms with Crippen LogP contribution in [0.2, 0.25) is 0 Å². The van der Waals surface area contributed by atoms with E-state index in [0.29, 0.717) is 30.4 Å². The number of thiazole rings is 1. The lowest BCUT2D eigenvalue weighted by Gasteiger charge is -2.25. The van der Waals surface area contributed by atoms with Crippen molar-refractivity contribution >= 4 is 22.9 Å². The predicted molar refractivity (Wildman–Crippen MR) is 98.0 cm³/mol. The zero-order chi connectivity index (χ0) is 17.8. The van der Waals surface area contributed by atoms with Crippen LogP contribution in [0.5, 0.6) is 11.5 Å². The number of fused-ring (bicyclic) bond motifs is 1. The Kier molecular flexibility index (Phi) is 5.33. The molecule has 138 valence electrons. The highest BCUT2D eigenvalue weighted by atomic mass is 32.1. The van der Waals surface area contributed by atoms with Gasteiger partial charge in [0, 0.05) is 30.2 Å². The molecule has 2 aliphatic rings. The minimum Gasteiger partial charge on any atom is -0.486 e. The van der Waals surface area contributed by atoms with Crippen molar-refractivity contribution in [3.63, 3.8) is 0 Å². The molecule has 7 nitrogen and oxygen atoms in total. The van der Waals surface area contributed by atoms with Gasteiger partial charge < -0.3 is 19.5 Å². The zero-order valence-electron chi connectivity index (χ0n) is 14.4. The van der Waals surface area contributed by atoms with Gasteiger partial charge in [0.15, 0.2) is 11.5 Å². The second-order valence-electron chi connectivity index (χ2n) is 6.20. The van der Waals surface area contributed by atoms with E-state index in [-0.39, 0.29) is 12.3 Å². The average Bonchev–Trinajstić information content (AvgIpc) is 3.09. The number of nitrogens with zero attached hydrogens (tertiary/aromatic N) is 2. The van der Waals surface area contributed by atoms with Crippen molar-refractivity contribution in [3.05, 3.63) is 34.3 Å². The van der Waals surface area contributed by atoms with E-state index >= 15 is 0 Å². The van der Waals surface area contributed by atoms with Crippen molar-refractivity contribution in [3.8, 4) is 11.5 Å². The standard InChI is InChI=1S/C18H21N3O4S/c22-17(19-13-1-2-15-16(9-13)25-8-7-24-15)10-14-12-26-18(20-14)11-21-3-5-23-6-4-21/h1-2,9,12H,3-8,10-11H2,(H,19,22). The van der Waals surface area contributed by atoms with Crippen LogP contribution in [0.25, 0.3) is 0 Å². The van der Waals surface area contributed by atoms with Gasteiger partial charge in [-0.3, -0.25) is 9.69 Å². The maximum Gasteiger partial charge on any atom is 0.230 e. The Balaban J connectivity index is 1.32. The summed E-state index contributed by atoms with van der Waals surface area (Å²) in [5.41, 5.74) is 1.50. The van der Waals surface area contributed by atoms with Crippen LogP contribution >= 0.6 is 11.3 Å². The van der Waals surface area contributed by atoms with E-state index in [1.54, 1.807) is 17.4 Å². The van der Waals surface area contributed by atoms with Gasteiger partial charge >= 0.3 is 0 Å². The van der Waals surface area contributed by atoms with Gasteiger partial charge in [-0.2, -0.15) is 0 Å². The van der Waals surface area contributed by atoms with E-state index in [1.807, 2.05) is 17.5 Å². The van der Waals surface area contributed by atoms with Crippen LogP contribution in [-0.2, 0) is 22.5 Å². The Morgan fingerprint density at radius 3 is 2.81 bits per heavy atom. The fraction of sp³-hybridized carbons (Fsp3) is 0.444. The maximum atomic E-state index is 12.3. The molecule has 3 heterocycles. The summed E-state index contributed by atoms with van der Waals surface area (Å²) >= 11 is 1.60. The number of amides is 1. The Morgan fingerprint density at radius 1 is 1.15 bits per heavy atom. The molecule has 0 bridgehead atoms.